The highest BCUT2D eigenvalue weighted by Crippen LogP contribution is 2.05. The topological polar surface area (TPSA) is 80.2 Å². The van der Waals surface area contributed by atoms with Crippen LogP contribution in [-0.2, 0) is 0 Å². The molecule has 0 spiro atoms. The van der Waals surface area contributed by atoms with E-state index in [2.05, 4.69) is 11.1 Å². The zero-order valence-corrected chi connectivity index (χ0v) is 9.93. The molecule has 0 bridgehead atoms. The first-order valence-electron chi connectivity index (χ1n) is 5.78. The molecule has 2 heterocycles. The summed E-state index contributed by atoms with van der Waals surface area (Å²) in [7, 11) is 0. The lowest BCUT2D eigenvalue weighted by Gasteiger charge is -2.33. The second-order valence-corrected chi connectivity index (χ2v) is 4.15. The van der Waals surface area contributed by atoms with Crippen LogP contribution in [0.1, 0.15) is 10.4 Å². The average molecular weight is 246 g/mol. The molecule has 1 amide bonds. The molecule has 1 N–H and O–H groups in total. The largest absolute Gasteiger partial charge is 0.367 e. The predicted molar refractivity (Wildman–Crippen MR) is 65.0 cm³/mol. The van der Waals surface area contributed by atoms with Crippen LogP contribution in [0.25, 0.3) is 0 Å². The van der Waals surface area contributed by atoms with Crippen molar-refractivity contribution in [3.05, 3.63) is 34.2 Å². The molecule has 0 unspecified atom stereocenters. The maximum Gasteiger partial charge on any atom is 0.259 e. The van der Waals surface area contributed by atoms with Crippen LogP contribution in [0.4, 0.5) is 0 Å². The summed E-state index contributed by atoms with van der Waals surface area (Å²) < 4.78 is 0. The Kier molecular flexibility index (Phi) is 3.75. The predicted octanol–water partition coefficient (Wildman–Crippen LogP) is -0.344. The Morgan fingerprint density at radius 1 is 1.39 bits per heavy atom. The zero-order chi connectivity index (χ0) is 13.0. The molecule has 94 valence electrons. The van der Waals surface area contributed by atoms with Crippen molar-refractivity contribution < 1.29 is 4.79 Å². The molecule has 0 atom stereocenters. The van der Waals surface area contributed by atoms with E-state index in [1.807, 2.05) is 4.90 Å². The maximum atomic E-state index is 12.1. The number of carbonyl (C=O) groups excluding carboxylic acids is 1. The van der Waals surface area contributed by atoms with E-state index in [0.717, 1.165) is 0 Å². The van der Waals surface area contributed by atoms with Gasteiger partial charge in [-0.25, -0.2) is 0 Å². The molecule has 1 saturated heterocycles. The summed E-state index contributed by atoms with van der Waals surface area (Å²) in [5, 5.41) is 8.59. The van der Waals surface area contributed by atoms with Gasteiger partial charge < -0.3 is 9.88 Å². The third-order valence-corrected chi connectivity index (χ3v) is 3.01. The van der Waals surface area contributed by atoms with Crippen molar-refractivity contribution in [1.29, 1.82) is 5.26 Å². The van der Waals surface area contributed by atoms with E-state index in [0.29, 0.717) is 32.7 Å². The number of aromatic nitrogens is 1. The number of rotatable bonds is 2. The number of amides is 1. The Hall–Kier alpha value is -2.13. The van der Waals surface area contributed by atoms with Crippen molar-refractivity contribution in [2.45, 2.75) is 0 Å². The molecule has 1 aromatic rings. The van der Waals surface area contributed by atoms with Crippen LogP contribution in [0, 0.1) is 11.3 Å². The van der Waals surface area contributed by atoms with Crippen LogP contribution < -0.4 is 5.43 Å². The molecule has 1 aliphatic heterocycles. The fourth-order valence-corrected chi connectivity index (χ4v) is 1.96. The number of piperazine rings is 1. The van der Waals surface area contributed by atoms with E-state index in [1.54, 1.807) is 4.90 Å². The van der Waals surface area contributed by atoms with Crippen molar-refractivity contribution in [3.8, 4) is 6.07 Å². The molecule has 1 fully saturated rings. The summed E-state index contributed by atoms with van der Waals surface area (Å²) >= 11 is 0. The SMILES string of the molecule is N#CCN1CCN(C(=O)c2c[nH]ccc2=O)CC1. The molecule has 1 aromatic heterocycles. The number of hydrogen-bond donors (Lipinski definition) is 1. The summed E-state index contributed by atoms with van der Waals surface area (Å²) in [6, 6.07) is 3.44. The van der Waals surface area contributed by atoms with Crippen molar-refractivity contribution in [3.63, 3.8) is 0 Å². The number of hydrogen-bond acceptors (Lipinski definition) is 4. The summed E-state index contributed by atoms with van der Waals surface area (Å²) in [5.74, 6) is -0.242. The molecule has 2 rings (SSSR count). The lowest BCUT2D eigenvalue weighted by molar-refractivity contribution is 0.0650. The Bertz CT molecular complexity index is 523. The molecule has 6 nitrogen and oxygen atoms in total. The zero-order valence-electron chi connectivity index (χ0n) is 9.93. The molecule has 18 heavy (non-hydrogen) atoms. The van der Waals surface area contributed by atoms with Gasteiger partial charge in [0.1, 0.15) is 5.56 Å². The minimum Gasteiger partial charge on any atom is -0.367 e. The molecular weight excluding hydrogens is 232 g/mol. The third kappa shape index (κ3) is 2.57. The van der Waals surface area contributed by atoms with Crippen LogP contribution >= 0.6 is 0 Å². The number of H-pyrrole nitrogens is 1. The number of nitrogens with one attached hydrogen (secondary N) is 1. The lowest BCUT2D eigenvalue weighted by Crippen LogP contribution is -2.49. The van der Waals surface area contributed by atoms with Crippen LogP contribution in [0.15, 0.2) is 23.3 Å². The van der Waals surface area contributed by atoms with Gasteiger partial charge >= 0.3 is 0 Å². The second kappa shape index (κ2) is 5.47. The smallest absolute Gasteiger partial charge is 0.259 e. The van der Waals surface area contributed by atoms with E-state index in [1.165, 1.54) is 18.5 Å². The molecule has 0 aromatic carbocycles. The highest BCUT2D eigenvalue weighted by Gasteiger charge is 2.23. The van der Waals surface area contributed by atoms with Crippen LogP contribution in [0.2, 0.25) is 0 Å². The van der Waals surface area contributed by atoms with Gasteiger partial charge in [-0.15, -0.1) is 0 Å². The minimum atomic E-state index is -0.266. The number of nitriles is 1. The van der Waals surface area contributed by atoms with Gasteiger partial charge in [-0.05, 0) is 0 Å². The van der Waals surface area contributed by atoms with Gasteiger partial charge in [0.2, 0.25) is 0 Å². The second-order valence-electron chi connectivity index (χ2n) is 4.15. The molecular formula is C12H14N4O2. The van der Waals surface area contributed by atoms with Crippen LogP contribution in [0.5, 0.6) is 0 Å². The Morgan fingerprint density at radius 2 is 2.11 bits per heavy atom. The Morgan fingerprint density at radius 3 is 2.72 bits per heavy atom. The molecule has 0 radical (unpaired) electrons. The summed E-state index contributed by atoms with van der Waals surface area (Å²) in [6.07, 6.45) is 2.94. The summed E-state index contributed by atoms with van der Waals surface area (Å²) in [4.78, 5) is 30.0. The van der Waals surface area contributed by atoms with Crippen LogP contribution in [0.3, 0.4) is 0 Å². The number of nitrogens with zero attached hydrogens (tertiary/aromatic N) is 3. The number of carbonyl (C=O) groups is 1. The van der Waals surface area contributed by atoms with E-state index in [9.17, 15) is 9.59 Å². The average Bonchev–Trinajstić information content (AvgIpc) is 2.40. The van der Waals surface area contributed by atoms with Gasteiger partial charge in [-0.2, -0.15) is 5.26 Å². The van der Waals surface area contributed by atoms with E-state index < -0.39 is 0 Å². The Labute approximate surface area is 104 Å². The minimum absolute atomic E-state index is 0.172. The highest BCUT2D eigenvalue weighted by molar-refractivity contribution is 5.93. The maximum absolute atomic E-state index is 12.1. The molecule has 6 heteroatoms. The summed E-state index contributed by atoms with van der Waals surface area (Å²) in [6.45, 7) is 2.83. The third-order valence-electron chi connectivity index (χ3n) is 3.01. The van der Waals surface area contributed by atoms with Gasteiger partial charge in [-0.1, -0.05) is 0 Å². The first kappa shape index (κ1) is 12.3. The normalized spacial score (nSPS) is 16.3. The monoisotopic (exact) mass is 246 g/mol. The van der Waals surface area contributed by atoms with Crippen molar-refractivity contribution in [1.82, 2.24) is 14.8 Å². The standard InChI is InChI=1S/C12H14N4O2/c13-2-4-15-5-7-16(8-6-15)12(18)10-9-14-3-1-11(10)17/h1,3,9H,4-8H2,(H,14,17). The van der Waals surface area contributed by atoms with Crippen molar-refractivity contribution in [2.24, 2.45) is 0 Å². The molecule has 0 aliphatic carbocycles. The Balaban J connectivity index is 2.03. The quantitative estimate of drug-likeness (QED) is 0.724. The van der Waals surface area contributed by atoms with Gasteiger partial charge in [-0.3, -0.25) is 14.5 Å². The molecule has 1 aliphatic rings. The fourth-order valence-electron chi connectivity index (χ4n) is 1.96. The summed E-state index contributed by atoms with van der Waals surface area (Å²) in [5.41, 5.74) is -0.0931. The highest BCUT2D eigenvalue weighted by atomic mass is 16.2. The first-order valence-corrected chi connectivity index (χ1v) is 5.78. The van der Waals surface area contributed by atoms with Crippen LogP contribution in [-0.4, -0.2) is 53.4 Å². The van der Waals surface area contributed by atoms with Gasteiger partial charge in [0, 0.05) is 44.6 Å². The van der Waals surface area contributed by atoms with Crippen molar-refractivity contribution >= 4 is 5.91 Å². The van der Waals surface area contributed by atoms with E-state index >= 15 is 0 Å². The van der Waals surface area contributed by atoms with Gasteiger partial charge in [0.25, 0.3) is 5.91 Å². The first-order chi connectivity index (χ1) is 8.72. The van der Waals surface area contributed by atoms with E-state index in [-0.39, 0.29) is 16.9 Å². The molecule has 0 saturated carbocycles. The van der Waals surface area contributed by atoms with Crippen molar-refractivity contribution in [2.75, 3.05) is 32.7 Å². The fraction of sp³-hybridized carbons (Fsp3) is 0.417. The van der Waals surface area contributed by atoms with Gasteiger partial charge in [0.05, 0.1) is 12.6 Å². The van der Waals surface area contributed by atoms with Gasteiger partial charge in [0.15, 0.2) is 5.43 Å². The number of pyridine rings is 1. The lowest BCUT2D eigenvalue weighted by atomic mass is 10.2. The number of aromatic amines is 1. The van der Waals surface area contributed by atoms with E-state index in [4.69, 9.17) is 5.26 Å².